The van der Waals surface area contributed by atoms with Crippen molar-refractivity contribution in [3.05, 3.63) is 34.3 Å². The Morgan fingerprint density at radius 1 is 1.17 bits per heavy atom. The van der Waals surface area contributed by atoms with E-state index in [9.17, 15) is 22.0 Å². The van der Waals surface area contributed by atoms with Crippen LogP contribution in [0.25, 0.3) is 0 Å². The van der Waals surface area contributed by atoms with Crippen molar-refractivity contribution in [1.82, 2.24) is 10.2 Å². The largest absolute Gasteiger partial charge is 0.416 e. The van der Waals surface area contributed by atoms with E-state index >= 15 is 0 Å². The number of halogens is 7. The second kappa shape index (κ2) is 8.14. The Bertz CT molecular complexity index is 550. The number of benzene rings is 1. The summed E-state index contributed by atoms with van der Waals surface area (Å²) in [6, 6.07) is 0.628. The molecule has 0 saturated carbocycles. The molecule has 1 heterocycles. The molecule has 0 aromatic heterocycles. The first-order valence-electron chi connectivity index (χ1n) is 6.97. The maximum atomic E-state index is 14.2. The molecule has 0 aliphatic carbocycles. The molecule has 1 fully saturated rings. The highest BCUT2D eigenvalue weighted by Crippen LogP contribution is 2.42. The molecule has 10 heteroatoms. The van der Waals surface area contributed by atoms with Crippen molar-refractivity contribution >= 4 is 24.0 Å². The van der Waals surface area contributed by atoms with Gasteiger partial charge in [0.05, 0.1) is 5.56 Å². The molecule has 0 spiro atoms. The molecule has 1 aliphatic rings. The van der Waals surface area contributed by atoms with Crippen molar-refractivity contribution in [3.8, 4) is 0 Å². The van der Waals surface area contributed by atoms with Gasteiger partial charge in [-0.25, -0.2) is 8.78 Å². The maximum absolute atomic E-state index is 14.2. The van der Waals surface area contributed by atoms with Crippen molar-refractivity contribution in [2.45, 2.75) is 18.1 Å². The number of alkyl halides is 5. The molecule has 24 heavy (non-hydrogen) atoms. The summed E-state index contributed by atoms with van der Waals surface area (Å²) in [4.78, 5) is 1.34. The fraction of sp³-hybridized carbons (Fsp3) is 0.571. The summed E-state index contributed by atoms with van der Waals surface area (Å²) in [5.74, 6) is -3.62. The Hall–Kier alpha value is -0.670. The van der Waals surface area contributed by atoms with Gasteiger partial charge >= 0.3 is 6.18 Å². The van der Waals surface area contributed by atoms with E-state index in [1.54, 1.807) is 0 Å². The van der Waals surface area contributed by atoms with E-state index in [-0.39, 0.29) is 36.1 Å². The molecular formula is C14H17Cl2F5N2O. The lowest BCUT2D eigenvalue weighted by Crippen LogP contribution is -2.51. The minimum Gasteiger partial charge on any atom is -0.390 e. The molecule has 0 radical (unpaired) electrons. The molecule has 2 rings (SSSR count). The summed E-state index contributed by atoms with van der Waals surface area (Å²) in [6.07, 6.45) is -4.66. The highest BCUT2D eigenvalue weighted by molar-refractivity contribution is 6.31. The second-order valence-electron chi connectivity index (χ2n) is 5.34. The molecule has 1 aliphatic heterocycles. The number of hydrogen-bond acceptors (Lipinski definition) is 3. The van der Waals surface area contributed by atoms with Crippen LogP contribution in [0.5, 0.6) is 0 Å². The van der Waals surface area contributed by atoms with Gasteiger partial charge < -0.3 is 10.4 Å². The Morgan fingerprint density at radius 2 is 1.75 bits per heavy atom. The number of aliphatic hydroxyl groups is 1. The van der Waals surface area contributed by atoms with Crippen LogP contribution in [0, 0.1) is 0 Å². The summed E-state index contributed by atoms with van der Waals surface area (Å²) >= 11 is 5.90. The van der Waals surface area contributed by atoms with Gasteiger partial charge in [0.1, 0.15) is 12.6 Å². The van der Waals surface area contributed by atoms with Crippen molar-refractivity contribution in [2.75, 3.05) is 32.8 Å². The number of piperazine rings is 1. The summed E-state index contributed by atoms with van der Waals surface area (Å²) in [5.41, 5.74) is -1.38. The predicted molar refractivity (Wildman–Crippen MR) is 82.9 cm³/mol. The van der Waals surface area contributed by atoms with Crippen LogP contribution in [-0.4, -0.2) is 48.7 Å². The third-order valence-electron chi connectivity index (χ3n) is 3.75. The first-order valence-corrected chi connectivity index (χ1v) is 7.34. The Labute approximate surface area is 147 Å². The minimum atomic E-state index is -4.66. The van der Waals surface area contributed by atoms with Gasteiger partial charge in [-0.2, -0.15) is 13.2 Å². The predicted octanol–water partition coefficient (Wildman–Crippen LogP) is 3.35. The highest BCUT2D eigenvalue weighted by Gasteiger charge is 2.45. The van der Waals surface area contributed by atoms with Crippen molar-refractivity contribution < 1.29 is 27.1 Å². The Morgan fingerprint density at radius 3 is 2.25 bits per heavy atom. The third-order valence-corrected chi connectivity index (χ3v) is 4.09. The molecule has 138 valence electrons. The smallest absolute Gasteiger partial charge is 0.390 e. The number of rotatable bonds is 4. The van der Waals surface area contributed by atoms with E-state index in [0.29, 0.717) is 19.2 Å². The average molecular weight is 395 g/mol. The van der Waals surface area contributed by atoms with E-state index in [2.05, 4.69) is 5.32 Å². The van der Waals surface area contributed by atoms with E-state index in [1.165, 1.54) is 4.90 Å². The van der Waals surface area contributed by atoms with Gasteiger partial charge in [-0.05, 0) is 23.8 Å². The fourth-order valence-corrected chi connectivity index (χ4v) is 2.87. The number of nitrogens with zero attached hydrogens (tertiary/aromatic N) is 1. The van der Waals surface area contributed by atoms with Crippen LogP contribution in [0.2, 0.25) is 5.02 Å². The average Bonchev–Trinajstić information content (AvgIpc) is 2.49. The van der Waals surface area contributed by atoms with Crippen LogP contribution < -0.4 is 5.32 Å². The molecule has 1 saturated heterocycles. The molecule has 3 nitrogen and oxygen atoms in total. The van der Waals surface area contributed by atoms with E-state index in [0.717, 1.165) is 12.1 Å². The second-order valence-corrected chi connectivity index (χ2v) is 5.75. The lowest BCUT2D eigenvalue weighted by atomic mass is 9.96. The highest BCUT2D eigenvalue weighted by atomic mass is 35.5. The number of aliphatic hydroxyl groups excluding tert-OH is 1. The van der Waals surface area contributed by atoms with E-state index in [4.69, 9.17) is 16.7 Å². The molecule has 1 aromatic rings. The minimum absolute atomic E-state index is 0. The van der Waals surface area contributed by atoms with Crippen molar-refractivity contribution in [2.24, 2.45) is 0 Å². The van der Waals surface area contributed by atoms with Gasteiger partial charge in [0.2, 0.25) is 0 Å². The van der Waals surface area contributed by atoms with Gasteiger partial charge in [-0.3, -0.25) is 4.90 Å². The molecule has 0 amide bonds. The Balaban J connectivity index is 0.00000288. The fourth-order valence-electron chi connectivity index (χ4n) is 2.65. The normalized spacial score (nSPS) is 18.1. The molecular weight excluding hydrogens is 378 g/mol. The summed E-state index contributed by atoms with van der Waals surface area (Å²) in [7, 11) is 0. The monoisotopic (exact) mass is 394 g/mol. The first kappa shape index (κ1) is 21.4. The van der Waals surface area contributed by atoms with Crippen LogP contribution in [0.4, 0.5) is 22.0 Å². The van der Waals surface area contributed by atoms with Crippen molar-refractivity contribution in [1.29, 1.82) is 0 Å². The van der Waals surface area contributed by atoms with Gasteiger partial charge in [0.25, 0.3) is 5.92 Å². The zero-order valence-electron chi connectivity index (χ0n) is 12.4. The molecule has 0 unspecified atom stereocenters. The van der Waals surface area contributed by atoms with Gasteiger partial charge in [0, 0.05) is 31.2 Å². The van der Waals surface area contributed by atoms with Crippen LogP contribution in [0.15, 0.2) is 18.2 Å². The maximum Gasteiger partial charge on any atom is 0.416 e. The van der Waals surface area contributed by atoms with E-state index < -0.39 is 30.3 Å². The van der Waals surface area contributed by atoms with Crippen molar-refractivity contribution in [3.63, 3.8) is 0 Å². The van der Waals surface area contributed by atoms with Gasteiger partial charge in [0.15, 0.2) is 0 Å². The number of hydrogen-bond donors (Lipinski definition) is 2. The van der Waals surface area contributed by atoms with Crippen LogP contribution in [0.3, 0.4) is 0 Å². The first-order chi connectivity index (χ1) is 10.7. The molecule has 2 N–H and O–H groups in total. The van der Waals surface area contributed by atoms with E-state index in [1.807, 2.05) is 0 Å². The molecule has 1 aromatic carbocycles. The standard InChI is InChI=1S/C14H16ClF5N2O.ClH/c15-11-2-1-9(14(18,19)20)7-10(11)12(13(16,17)8-23)22-5-3-21-4-6-22;/h1-2,7,12,21,23H,3-6,8H2;1H/t12-;/m1./s1. The third kappa shape index (κ3) is 4.70. The van der Waals surface area contributed by atoms with Crippen LogP contribution in [-0.2, 0) is 6.18 Å². The molecule has 0 bridgehead atoms. The summed E-state index contributed by atoms with van der Waals surface area (Å²) in [6.45, 7) is -0.197. The zero-order chi connectivity index (χ0) is 17.3. The molecule has 1 atom stereocenters. The lowest BCUT2D eigenvalue weighted by Gasteiger charge is -2.39. The Kier molecular flexibility index (Phi) is 7.25. The summed E-state index contributed by atoms with van der Waals surface area (Å²) in [5, 5.41) is 11.8. The van der Waals surface area contributed by atoms with Crippen LogP contribution in [0.1, 0.15) is 17.2 Å². The summed E-state index contributed by atoms with van der Waals surface area (Å²) < 4.78 is 67.1. The number of nitrogens with one attached hydrogen (secondary N) is 1. The topological polar surface area (TPSA) is 35.5 Å². The van der Waals surface area contributed by atoms with Crippen LogP contribution >= 0.6 is 24.0 Å². The van der Waals surface area contributed by atoms with Gasteiger partial charge in [-0.15, -0.1) is 12.4 Å². The SMILES string of the molecule is Cl.OCC(F)(F)[C@@H](c1cc(C(F)(F)F)ccc1Cl)N1CCNCC1. The lowest BCUT2D eigenvalue weighted by molar-refractivity contribution is -0.138. The zero-order valence-corrected chi connectivity index (χ0v) is 14.0. The van der Waals surface area contributed by atoms with Gasteiger partial charge in [-0.1, -0.05) is 11.6 Å². The quantitative estimate of drug-likeness (QED) is 0.768.